The van der Waals surface area contributed by atoms with Crippen molar-refractivity contribution in [3.8, 4) is 0 Å². The molecule has 7 heteroatoms. The average molecular weight is 309 g/mol. The van der Waals surface area contributed by atoms with Gasteiger partial charge in [-0.05, 0) is 33.6 Å². The Morgan fingerprint density at radius 3 is 2.45 bits per heavy atom. The molecule has 0 aromatic carbocycles. The van der Waals surface area contributed by atoms with Crippen LogP contribution in [0.25, 0.3) is 0 Å². The topological polar surface area (TPSA) is 81.9 Å². The summed E-state index contributed by atoms with van der Waals surface area (Å²) in [6.07, 6.45) is 1.28. The Balaban J connectivity index is 0.00000361. The lowest BCUT2D eigenvalue weighted by Crippen LogP contribution is -2.50. The highest BCUT2D eigenvalue weighted by molar-refractivity contribution is 5.85. The Hall–Kier alpha value is -1.01. The Kier molecular flexibility index (Phi) is 7.30. The van der Waals surface area contributed by atoms with Gasteiger partial charge in [0.1, 0.15) is 11.6 Å². The number of hydrogen-bond donors (Lipinski definition) is 1. The number of ether oxygens (including phenoxy) is 2. The summed E-state index contributed by atoms with van der Waals surface area (Å²) in [5.41, 5.74) is 5.32. The second-order valence-electron chi connectivity index (χ2n) is 5.88. The molecule has 2 N–H and O–H groups in total. The predicted molar refractivity (Wildman–Crippen MR) is 77.8 cm³/mol. The van der Waals surface area contributed by atoms with E-state index in [1.807, 2.05) is 20.8 Å². The van der Waals surface area contributed by atoms with Gasteiger partial charge in [-0.1, -0.05) is 0 Å². The quantitative estimate of drug-likeness (QED) is 0.783. The van der Waals surface area contributed by atoms with Gasteiger partial charge < -0.3 is 20.1 Å². The van der Waals surface area contributed by atoms with Crippen LogP contribution in [0.4, 0.5) is 4.79 Å². The second-order valence-corrected chi connectivity index (χ2v) is 5.88. The standard InChI is InChI=1S/C13H24N2O4.ClH/c1-13(2,3)19-12(17)15-7-5-6-9(8-15)10(14)11(16)18-4;/h9-10H,5-8,14H2,1-4H3;1H. The highest BCUT2D eigenvalue weighted by Gasteiger charge is 2.33. The third-order valence-electron chi connectivity index (χ3n) is 3.09. The molecule has 1 amide bonds. The first-order valence-corrected chi connectivity index (χ1v) is 6.56. The molecule has 0 bridgehead atoms. The van der Waals surface area contributed by atoms with E-state index >= 15 is 0 Å². The molecule has 0 aromatic heterocycles. The fourth-order valence-electron chi connectivity index (χ4n) is 2.12. The third-order valence-corrected chi connectivity index (χ3v) is 3.09. The summed E-state index contributed by atoms with van der Waals surface area (Å²) in [4.78, 5) is 25.0. The van der Waals surface area contributed by atoms with E-state index in [0.29, 0.717) is 13.1 Å². The SMILES string of the molecule is COC(=O)C(N)C1CCCN(C(=O)OC(C)(C)C)C1.Cl. The van der Waals surface area contributed by atoms with E-state index in [1.165, 1.54) is 7.11 Å². The molecule has 2 atom stereocenters. The smallest absolute Gasteiger partial charge is 0.410 e. The number of piperidine rings is 1. The second kappa shape index (κ2) is 7.69. The normalized spacial score (nSPS) is 20.6. The van der Waals surface area contributed by atoms with Crippen LogP contribution in [0, 0.1) is 5.92 Å². The zero-order chi connectivity index (χ0) is 14.6. The number of carbonyl (C=O) groups is 2. The van der Waals surface area contributed by atoms with Crippen molar-refractivity contribution in [1.82, 2.24) is 4.90 Å². The highest BCUT2D eigenvalue weighted by Crippen LogP contribution is 2.21. The van der Waals surface area contributed by atoms with Gasteiger partial charge in [-0.25, -0.2) is 4.79 Å². The van der Waals surface area contributed by atoms with Gasteiger partial charge in [0.05, 0.1) is 7.11 Å². The lowest BCUT2D eigenvalue weighted by atomic mass is 9.91. The largest absolute Gasteiger partial charge is 0.468 e. The molecule has 0 aliphatic carbocycles. The Labute approximate surface area is 126 Å². The average Bonchev–Trinajstić information content (AvgIpc) is 2.35. The van der Waals surface area contributed by atoms with E-state index in [0.717, 1.165) is 12.8 Å². The number of nitrogens with two attached hydrogens (primary N) is 1. The number of likely N-dealkylation sites (tertiary alicyclic amines) is 1. The molecule has 1 heterocycles. The van der Waals surface area contributed by atoms with Crippen molar-refractivity contribution >= 4 is 24.5 Å². The van der Waals surface area contributed by atoms with Crippen LogP contribution >= 0.6 is 12.4 Å². The van der Waals surface area contributed by atoms with Gasteiger partial charge >= 0.3 is 12.1 Å². The van der Waals surface area contributed by atoms with Crippen molar-refractivity contribution in [3.63, 3.8) is 0 Å². The summed E-state index contributed by atoms with van der Waals surface area (Å²) >= 11 is 0. The molecule has 1 saturated heterocycles. The Morgan fingerprint density at radius 2 is 1.95 bits per heavy atom. The van der Waals surface area contributed by atoms with Crippen LogP contribution in [0.5, 0.6) is 0 Å². The molecule has 1 rings (SSSR count). The molecule has 0 spiro atoms. The summed E-state index contributed by atoms with van der Waals surface area (Å²) in [6, 6.07) is -0.685. The zero-order valence-electron chi connectivity index (χ0n) is 12.5. The van der Waals surface area contributed by atoms with Crippen molar-refractivity contribution in [1.29, 1.82) is 0 Å². The molecule has 1 aliphatic heterocycles. The molecule has 1 aliphatic rings. The summed E-state index contributed by atoms with van der Waals surface area (Å²) in [7, 11) is 1.32. The van der Waals surface area contributed by atoms with Crippen molar-refractivity contribution in [3.05, 3.63) is 0 Å². The number of amides is 1. The van der Waals surface area contributed by atoms with E-state index < -0.39 is 17.6 Å². The number of methoxy groups -OCH3 is 1. The molecular formula is C13H25ClN2O4. The highest BCUT2D eigenvalue weighted by atomic mass is 35.5. The van der Waals surface area contributed by atoms with Gasteiger partial charge in [0.2, 0.25) is 0 Å². The molecule has 20 heavy (non-hydrogen) atoms. The minimum Gasteiger partial charge on any atom is -0.468 e. The first-order chi connectivity index (χ1) is 8.74. The molecule has 2 unspecified atom stereocenters. The van der Waals surface area contributed by atoms with Gasteiger partial charge in [0, 0.05) is 19.0 Å². The zero-order valence-corrected chi connectivity index (χ0v) is 13.4. The number of carbonyl (C=O) groups excluding carboxylic acids is 2. The molecule has 0 saturated carbocycles. The number of hydrogen-bond acceptors (Lipinski definition) is 5. The summed E-state index contributed by atoms with van der Waals surface area (Å²) in [6.45, 7) is 6.55. The Morgan fingerprint density at radius 1 is 1.35 bits per heavy atom. The van der Waals surface area contributed by atoms with Crippen molar-refractivity contribution in [2.75, 3.05) is 20.2 Å². The van der Waals surface area contributed by atoms with Crippen LogP contribution in [0.15, 0.2) is 0 Å². The number of nitrogens with zero attached hydrogens (tertiary/aromatic N) is 1. The summed E-state index contributed by atoms with van der Waals surface area (Å²) in [5, 5.41) is 0. The van der Waals surface area contributed by atoms with Crippen molar-refractivity contribution < 1.29 is 19.1 Å². The van der Waals surface area contributed by atoms with Crippen LogP contribution in [0.2, 0.25) is 0 Å². The first kappa shape index (κ1) is 19.0. The van der Waals surface area contributed by atoms with Gasteiger partial charge in [0.15, 0.2) is 0 Å². The van der Waals surface area contributed by atoms with Gasteiger partial charge in [-0.3, -0.25) is 4.79 Å². The van der Waals surface area contributed by atoms with Gasteiger partial charge in [-0.15, -0.1) is 12.4 Å². The number of halogens is 1. The van der Waals surface area contributed by atoms with Crippen molar-refractivity contribution in [2.24, 2.45) is 11.7 Å². The van der Waals surface area contributed by atoms with E-state index in [-0.39, 0.29) is 24.4 Å². The summed E-state index contributed by atoms with van der Waals surface area (Å²) < 4.78 is 9.96. The fourth-order valence-corrected chi connectivity index (χ4v) is 2.12. The third kappa shape index (κ3) is 5.54. The van der Waals surface area contributed by atoms with Crippen LogP contribution in [0.3, 0.4) is 0 Å². The fraction of sp³-hybridized carbons (Fsp3) is 0.846. The molecular weight excluding hydrogens is 284 g/mol. The lowest BCUT2D eigenvalue weighted by Gasteiger charge is -2.35. The minimum atomic E-state index is -0.685. The molecule has 0 aromatic rings. The maximum Gasteiger partial charge on any atom is 0.410 e. The number of rotatable bonds is 2. The monoisotopic (exact) mass is 308 g/mol. The van der Waals surface area contributed by atoms with Gasteiger partial charge in [-0.2, -0.15) is 0 Å². The molecule has 6 nitrogen and oxygen atoms in total. The molecule has 118 valence electrons. The lowest BCUT2D eigenvalue weighted by molar-refractivity contribution is -0.144. The van der Waals surface area contributed by atoms with E-state index in [2.05, 4.69) is 4.74 Å². The first-order valence-electron chi connectivity index (χ1n) is 6.56. The van der Waals surface area contributed by atoms with E-state index in [1.54, 1.807) is 4.90 Å². The number of esters is 1. The maximum absolute atomic E-state index is 12.0. The van der Waals surface area contributed by atoms with Crippen LogP contribution in [-0.4, -0.2) is 48.8 Å². The van der Waals surface area contributed by atoms with Crippen LogP contribution < -0.4 is 5.73 Å². The maximum atomic E-state index is 12.0. The van der Waals surface area contributed by atoms with E-state index in [4.69, 9.17) is 10.5 Å². The Bertz CT molecular complexity index is 344. The van der Waals surface area contributed by atoms with Crippen LogP contribution in [-0.2, 0) is 14.3 Å². The molecule has 0 radical (unpaired) electrons. The summed E-state index contributed by atoms with van der Waals surface area (Å²) in [5.74, 6) is -0.509. The molecule has 1 fully saturated rings. The minimum absolute atomic E-state index is 0. The van der Waals surface area contributed by atoms with Crippen LogP contribution in [0.1, 0.15) is 33.6 Å². The van der Waals surface area contributed by atoms with Crippen molar-refractivity contribution in [2.45, 2.75) is 45.3 Å². The predicted octanol–water partition coefficient (Wildman–Crippen LogP) is 1.56. The van der Waals surface area contributed by atoms with Gasteiger partial charge in [0.25, 0.3) is 0 Å². The van der Waals surface area contributed by atoms with E-state index in [9.17, 15) is 9.59 Å².